The van der Waals surface area contributed by atoms with E-state index in [1.54, 1.807) is 0 Å². The van der Waals surface area contributed by atoms with Gasteiger partial charge < -0.3 is 14.9 Å². The van der Waals surface area contributed by atoms with Crippen LogP contribution in [0.15, 0.2) is 24.3 Å². The summed E-state index contributed by atoms with van der Waals surface area (Å²) in [4.78, 5) is 16.8. The van der Waals surface area contributed by atoms with Crippen LogP contribution in [0.2, 0.25) is 0 Å². The van der Waals surface area contributed by atoms with Crippen LogP contribution in [0.25, 0.3) is 0 Å². The third kappa shape index (κ3) is 2.91. The van der Waals surface area contributed by atoms with Crippen molar-refractivity contribution < 1.29 is 9.90 Å². The number of benzene rings is 1. The number of aliphatic hydroxyl groups excluding tert-OH is 1. The van der Waals surface area contributed by atoms with Crippen molar-refractivity contribution in [2.45, 2.75) is 32.3 Å². The Bertz CT molecular complexity index is 509. The van der Waals surface area contributed by atoms with Gasteiger partial charge in [0.2, 0.25) is 5.91 Å². The third-order valence-corrected chi connectivity index (χ3v) is 4.84. The van der Waals surface area contributed by atoms with Gasteiger partial charge >= 0.3 is 0 Å². The summed E-state index contributed by atoms with van der Waals surface area (Å²) >= 11 is 0. The molecule has 0 spiro atoms. The molecule has 1 heterocycles. The maximum Gasteiger partial charge on any atom is 0.228 e. The van der Waals surface area contributed by atoms with E-state index in [0.717, 1.165) is 45.4 Å². The minimum atomic E-state index is -0.424. The van der Waals surface area contributed by atoms with Gasteiger partial charge in [-0.05, 0) is 37.8 Å². The Morgan fingerprint density at radius 3 is 2.48 bits per heavy atom. The zero-order valence-electron chi connectivity index (χ0n) is 12.7. The van der Waals surface area contributed by atoms with Crippen LogP contribution in [0.4, 0.5) is 5.69 Å². The number of rotatable bonds is 2. The largest absolute Gasteiger partial charge is 0.392 e. The van der Waals surface area contributed by atoms with Gasteiger partial charge in [0.05, 0.1) is 12.0 Å². The van der Waals surface area contributed by atoms with Gasteiger partial charge in [-0.3, -0.25) is 4.79 Å². The minimum Gasteiger partial charge on any atom is -0.392 e. The van der Waals surface area contributed by atoms with Gasteiger partial charge in [0.1, 0.15) is 0 Å². The van der Waals surface area contributed by atoms with E-state index in [4.69, 9.17) is 0 Å². The van der Waals surface area contributed by atoms with Gasteiger partial charge in [-0.25, -0.2) is 0 Å². The molecule has 1 aliphatic carbocycles. The second-order valence-corrected chi connectivity index (χ2v) is 6.20. The maximum absolute atomic E-state index is 12.5. The highest BCUT2D eigenvalue weighted by Gasteiger charge is 2.35. The molecule has 2 fully saturated rings. The van der Waals surface area contributed by atoms with E-state index in [2.05, 4.69) is 36.1 Å². The smallest absolute Gasteiger partial charge is 0.228 e. The topological polar surface area (TPSA) is 43.8 Å². The van der Waals surface area contributed by atoms with E-state index in [1.807, 2.05) is 4.90 Å². The lowest BCUT2D eigenvalue weighted by molar-refractivity contribution is -0.138. The first-order chi connectivity index (χ1) is 10.2. The number of aliphatic hydroxyl groups is 1. The van der Waals surface area contributed by atoms with Crippen LogP contribution in [0.5, 0.6) is 0 Å². The molecule has 1 aromatic rings. The molecule has 1 aliphatic heterocycles. The molecule has 4 heteroatoms. The first-order valence-electron chi connectivity index (χ1n) is 7.94. The normalized spacial score (nSPS) is 26.2. The molecule has 114 valence electrons. The minimum absolute atomic E-state index is 0.157. The number of nitrogens with zero attached hydrogens (tertiary/aromatic N) is 2. The first kappa shape index (κ1) is 14.4. The van der Waals surface area contributed by atoms with Crippen molar-refractivity contribution in [3.8, 4) is 0 Å². The predicted molar refractivity (Wildman–Crippen MR) is 83.3 cm³/mol. The van der Waals surface area contributed by atoms with Crippen LogP contribution in [-0.4, -0.2) is 48.2 Å². The number of hydrogen-bond donors (Lipinski definition) is 1. The van der Waals surface area contributed by atoms with Gasteiger partial charge in [-0.15, -0.1) is 0 Å². The molecule has 1 aromatic carbocycles. The summed E-state index contributed by atoms with van der Waals surface area (Å²) in [5.74, 6) is -0.000514. The molecule has 2 atom stereocenters. The molecule has 2 unspecified atom stereocenters. The van der Waals surface area contributed by atoms with Gasteiger partial charge in [0, 0.05) is 31.9 Å². The summed E-state index contributed by atoms with van der Waals surface area (Å²) < 4.78 is 0. The first-order valence-corrected chi connectivity index (χ1v) is 7.94. The molecule has 2 aliphatic rings. The fraction of sp³-hybridized carbons (Fsp3) is 0.588. The highest BCUT2D eigenvalue weighted by Crippen LogP contribution is 2.28. The van der Waals surface area contributed by atoms with E-state index in [0.29, 0.717) is 0 Å². The van der Waals surface area contributed by atoms with Crippen molar-refractivity contribution in [3.05, 3.63) is 29.8 Å². The number of para-hydroxylation sites is 1. The maximum atomic E-state index is 12.5. The van der Waals surface area contributed by atoms with Gasteiger partial charge in [0.15, 0.2) is 0 Å². The molecule has 1 saturated carbocycles. The number of amides is 1. The van der Waals surface area contributed by atoms with Crippen LogP contribution in [0.3, 0.4) is 0 Å². The highest BCUT2D eigenvalue weighted by molar-refractivity contribution is 5.80. The number of carbonyl (C=O) groups is 1. The summed E-state index contributed by atoms with van der Waals surface area (Å²) in [5.41, 5.74) is 2.55. The average Bonchev–Trinajstić information content (AvgIpc) is 2.93. The average molecular weight is 288 g/mol. The van der Waals surface area contributed by atoms with Crippen molar-refractivity contribution in [2.75, 3.05) is 31.1 Å². The van der Waals surface area contributed by atoms with Crippen LogP contribution in [-0.2, 0) is 4.79 Å². The van der Waals surface area contributed by atoms with Crippen LogP contribution < -0.4 is 4.90 Å². The zero-order valence-corrected chi connectivity index (χ0v) is 12.7. The molecule has 21 heavy (non-hydrogen) atoms. The number of carbonyl (C=O) groups excluding carboxylic acids is 1. The van der Waals surface area contributed by atoms with Crippen molar-refractivity contribution in [2.24, 2.45) is 5.92 Å². The number of aryl methyl sites for hydroxylation is 1. The van der Waals surface area contributed by atoms with Crippen LogP contribution in [0.1, 0.15) is 24.8 Å². The summed E-state index contributed by atoms with van der Waals surface area (Å²) in [5, 5.41) is 9.90. The Balaban J connectivity index is 1.60. The van der Waals surface area contributed by atoms with Crippen molar-refractivity contribution in [1.29, 1.82) is 0 Å². The molecule has 0 radical (unpaired) electrons. The molecule has 1 saturated heterocycles. The lowest BCUT2D eigenvalue weighted by atomic mass is 10.0. The van der Waals surface area contributed by atoms with E-state index >= 15 is 0 Å². The molecule has 0 aromatic heterocycles. The zero-order chi connectivity index (χ0) is 14.8. The van der Waals surface area contributed by atoms with E-state index in [-0.39, 0.29) is 11.8 Å². The van der Waals surface area contributed by atoms with Crippen molar-refractivity contribution >= 4 is 11.6 Å². The van der Waals surface area contributed by atoms with E-state index in [1.165, 1.54) is 11.3 Å². The highest BCUT2D eigenvalue weighted by atomic mass is 16.3. The van der Waals surface area contributed by atoms with E-state index in [9.17, 15) is 9.90 Å². The monoisotopic (exact) mass is 288 g/mol. The summed E-state index contributed by atoms with van der Waals surface area (Å²) in [6, 6.07) is 8.39. The standard InChI is InChI=1S/C17H24N2O2/c1-13-5-2-3-7-15(13)18-9-11-19(12-10-18)17(21)14-6-4-8-16(14)20/h2-3,5,7,14,16,20H,4,6,8-12H2,1H3. The lowest BCUT2D eigenvalue weighted by Crippen LogP contribution is -2.51. The fourth-order valence-corrected chi connectivity index (χ4v) is 3.55. The lowest BCUT2D eigenvalue weighted by Gasteiger charge is -2.38. The van der Waals surface area contributed by atoms with Crippen molar-refractivity contribution in [1.82, 2.24) is 4.90 Å². The number of anilines is 1. The quantitative estimate of drug-likeness (QED) is 0.902. The summed E-state index contributed by atoms with van der Waals surface area (Å²) in [7, 11) is 0. The number of piperazine rings is 1. The Hall–Kier alpha value is -1.55. The summed E-state index contributed by atoms with van der Waals surface area (Å²) in [6.45, 7) is 5.40. The molecule has 3 rings (SSSR count). The Labute approximate surface area is 126 Å². The number of hydrogen-bond acceptors (Lipinski definition) is 3. The molecule has 1 amide bonds. The fourth-order valence-electron chi connectivity index (χ4n) is 3.55. The predicted octanol–water partition coefficient (Wildman–Crippen LogP) is 1.80. The van der Waals surface area contributed by atoms with Crippen LogP contribution in [0, 0.1) is 12.8 Å². The molecular formula is C17H24N2O2. The molecule has 1 N–H and O–H groups in total. The van der Waals surface area contributed by atoms with Gasteiger partial charge in [-0.1, -0.05) is 18.2 Å². The Morgan fingerprint density at radius 1 is 1.14 bits per heavy atom. The summed E-state index contributed by atoms with van der Waals surface area (Å²) in [6.07, 6.45) is 2.17. The second kappa shape index (κ2) is 6.06. The molecular weight excluding hydrogens is 264 g/mol. The Kier molecular flexibility index (Phi) is 4.15. The molecule has 4 nitrogen and oxygen atoms in total. The SMILES string of the molecule is Cc1ccccc1N1CCN(C(=O)C2CCCC2O)CC1. The third-order valence-electron chi connectivity index (χ3n) is 4.84. The van der Waals surface area contributed by atoms with Crippen molar-refractivity contribution in [3.63, 3.8) is 0 Å². The van der Waals surface area contributed by atoms with Crippen LogP contribution >= 0.6 is 0 Å². The van der Waals surface area contributed by atoms with Gasteiger partial charge in [0.25, 0.3) is 0 Å². The second-order valence-electron chi connectivity index (χ2n) is 6.20. The van der Waals surface area contributed by atoms with Gasteiger partial charge in [-0.2, -0.15) is 0 Å². The van der Waals surface area contributed by atoms with E-state index < -0.39 is 6.10 Å². The molecule has 0 bridgehead atoms. The Morgan fingerprint density at radius 2 is 1.86 bits per heavy atom.